The average Bonchev–Trinajstić information content (AvgIpc) is 2.43. The van der Waals surface area contributed by atoms with Crippen molar-refractivity contribution in [3.63, 3.8) is 0 Å². The van der Waals surface area contributed by atoms with Crippen LogP contribution in [0.4, 0.5) is 0 Å². The van der Waals surface area contributed by atoms with Gasteiger partial charge in [0.25, 0.3) is 0 Å². The standard InChI is InChI=1S/C16H33BrOS/c17-13-9-6-4-2-1-3-5-7-10-14-18-15-11-8-12-16-19/h19H,1-16H2. The Morgan fingerprint density at radius 1 is 0.579 bits per heavy atom. The van der Waals surface area contributed by atoms with Gasteiger partial charge in [0.05, 0.1) is 0 Å². The van der Waals surface area contributed by atoms with Gasteiger partial charge in [-0.25, -0.2) is 0 Å². The molecule has 0 saturated heterocycles. The highest BCUT2D eigenvalue weighted by atomic mass is 79.9. The number of rotatable bonds is 16. The third kappa shape index (κ3) is 18.8. The van der Waals surface area contributed by atoms with Crippen LogP contribution in [0.5, 0.6) is 0 Å². The summed E-state index contributed by atoms with van der Waals surface area (Å²) in [5.74, 6) is 1.01. The summed E-state index contributed by atoms with van der Waals surface area (Å²) < 4.78 is 5.62. The quantitative estimate of drug-likeness (QED) is 0.203. The minimum absolute atomic E-state index is 0.946. The first-order chi connectivity index (χ1) is 9.41. The maximum Gasteiger partial charge on any atom is 0.0466 e. The Bertz CT molecular complexity index is 140. The Kier molecular flexibility index (Phi) is 19.6. The summed E-state index contributed by atoms with van der Waals surface area (Å²) in [6, 6.07) is 0. The van der Waals surface area contributed by atoms with Crippen LogP contribution in [0, 0.1) is 0 Å². The van der Waals surface area contributed by atoms with Gasteiger partial charge >= 0.3 is 0 Å². The van der Waals surface area contributed by atoms with Crippen molar-refractivity contribution in [1.82, 2.24) is 0 Å². The normalized spacial score (nSPS) is 11.1. The summed E-state index contributed by atoms with van der Waals surface area (Å²) in [7, 11) is 0. The number of ether oxygens (including phenoxy) is 1. The smallest absolute Gasteiger partial charge is 0.0466 e. The van der Waals surface area contributed by atoms with E-state index in [1.165, 1.54) is 82.4 Å². The zero-order chi connectivity index (χ0) is 14.0. The topological polar surface area (TPSA) is 9.23 Å². The molecule has 116 valence electrons. The van der Waals surface area contributed by atoms with Gasteiger partial charge in [0.1, 0.15) is 0 Å². The van der Waals surface area contributed by atoms with Gasteiger partial charge < -0.3 is 4.74 Å². The van der Waals surface area contributed by atoms with E-state index in [0.717, 1.165) is 19.0 Å². The third-order valence-corrected chi connectivity index (χ3v) is 4.25. The van der Waals surface area contributed by atoms with Crippen molar-refractivity contribution in [2.45, 2.75) is 77.0 Å². The van der Waals surface area contributed by atoms with Crippen molar-refractivity contribution in [3.8, 4) is 0 Å². The van der Waals surface area contributed by atoms with E-state index in [2.05, 4.69) is 28.6 Å². The molecule has 0 aromatic rings. The maximum absolute atomic E-state index is 5.62. The van der Waals surface area contributed by atoms with Crippen molar-refractivity contribution in [2.75, 3.05) is 24.3 Å². The molecule has 0 atom stereocenters. The summed E-state index contributed by atoms with van der Waals surface area (Å²) in [6.45, 7) is 1.91. The van der Waals surface area contributed by atoms with E-state index >= 15 is 0 Å². The highest BCUT2D eigenvalue weighted by Crippen LogP contribution is 2.10. The number of unbranched alkanes of at least 4 members (excludes halogenated alkanes) is 10. The molecule has 0 fully saturated rings. The summed E-state index contributed by atoms with van der Waals surface area (Å²) in [6.07, 6.45) is 16.1. The van der Waals surface area contributed by atoms with Crippen LogP contribution < -0.4 is 0 Å². The highest BCUT2D eigenvalue weighted by molar-refractivity contribution is 9.09. The Morgan fingerprint density at radius 3 is 1.47 bits per heavy atom. The molecule has 0 N–H and O–H groups in total. The molecule has 0 spiro atoms. The minimum atomic E-state index is 0.946. The molecule has 0 unspecified atom stereocenters. The Balaban J connectivity index is 2.88. The minimum Gasteiger partial charge on any atom is -0.381 e. The van der Waals surface area contributed by atoms with Crippen LogP contribution in [0.1, 0.15) is 77.0 Å². The van der Waals surface area contributed by atoms with E-state index in [4.69, 9.17) is 4.74 Å². The molecule has 0 saturated carbocycles. The van der Waals surface area contributed by atoms with Crippen molar-refractivity contribution >= 4 is 28.6 Å². The lowest BCUT2D eigenvalue weighted by molar-refractivity contribution is 0.126. The van der Waals surface area contributed by atoms with Gasteiger partial charge in [-0.15, -0.1) is 0 Å². The summed E-state index contributed by atoms with van der Waals surface area (Å²) in [5, 5.41) is 1.17. The average molecular weight is 353 g/mol. The first-order valence-corrected chi connectivity index (χ1v) is 9.91. The summed E-state index contributed by atoms with van der Waals surface area (Å²) in [5.41, 5.74) is 0. The Hall–Kier alpha value is 0.790. The molecule has 0 rings (SSSR count). The number of hydrogen-bond donors (Lipinski definition) is 1. The van der Waals surface area contributed by atoms with Gasteiger partial charge in [-0.2, -0.15) is 12.6 Å². The van der Waals surface area contributed by atoms with E-state index < -0.39 is 0 Å². The first kappa shape index (κ1) is 19.8. The molecular weight excluding hydrogens is 320 g/mol. The largest absolute Gasteiger partial charge is 0.381 e. The lowest BCUT2D eigenvalue weighted by atomic mass is 10.1. The number of thiol groups is 1. The van der Waals surface area contributed by atoms with Crippen molar-refractivity contribution in [1.29, 1.82) is 0 Å². The number of alkyl halides is 1. The van der Waals surface area contributed by atoms with E-state index in [-0.39, 0.29) is 0 Å². The van der Waals surface area contributed by atoms with Crippen molar-refractivity contribution in [3.05, 3.63) is 0 Å². The first-order valence-electron chi connectivity index (χ1n) is 8.16. The molecule has 3 heteroatoms. The summed E-state index contributed by atoms with van der Waals surface area (Å²) in [4.78, 5) is 0. The van der Waals surface area contributed by atoms with E-state index in [1.54, 1.807) is 0 Å². The monoisotopic (exact) mass is 352 g/mol. The second-order valence-electron chi connectivity index (χ2n) is 5.27. The fourth-order valence-corrected chi connectivity index (χ4v) is 2.75. The van der Waals surface area contributed by atoms with Crippen LogP contribution >= 0.6 is 28.6 Å². The SMILES string of the molecule is SCCCCCOCCCCCCCCCCCBr. The van der Waals surface area contributed by atoms with Crippen LogP contribution in [-0.4, -0.2) is 24.3 Å². The molecule has 0 heterocycles. The fraction of sp³-hybridized carbons (Fsp3) is 1.00. The predicted molar refractivity (Wildman–Crippen MR) is 93.9 cm³/mol. The molecule has 0 aliphatic rings. The molecule has 1 nitrogen and oxygen atoms in total. The summed E-state index contributed by atoms with van der Waals surface area (Å²) >= 11 is 7.68. The van der Waals surface area contributed by atoms with Gasteiger partial charge in [0.15, 0.2) is 0 Å². The number of hydrogen-bond acceptors (Lipinski definition) is 2. The lowest BCUT2D eigenvalue weighted by Crippen LogP contribution is -1.97. The Morgan fingerprint density at radius 2 is 1.00 bits per heavy atom. The Labute approximate surface area is 134 Å². The van der Waals surface area contributed by atoms with Crippen molar-refractivity contribution < 1.29 is 4.74 Å². The van der Waals surface area contributed by atoms with Crippen LogP contribution in [0.2, 0.25) is 0 Å². The molecule has 19 heavy (non-hydrogen) atoms. The second kappa shape index (κ2) is 18.8. The van der Waals surface area contributed by atoms with Crippen LogP contribution in [0.25, 0.3) is 0 Å². The molecule has 0 radical (unpaired) electrons. The zero-order valence-corrected chi connectivity index (χ0v) is 15.0. The molecule has 0 amide bonds. The molecular formula is C16H33BrOS. The third-order valence-electron chi connectivity index (χ3n) is 3.37. The van der Waals surface area contributed by atoms with Gasteiger partial charge in [0, 0.05) is 18.5 Å². The molecule has 0 aromatic carbocycles. The zero-order valence-electron chi connectivity index (χ0n) is 12.5. The molecule has 0 aromatic heterocycles. The lowest BCUT2D eigenvalue weighted by Gasteiger charge is -2.04. The van der Waals surface area contributed by atoms with Gasteiger partial charge in [-0.3, -0.25) is 0 Å². The van der Waals surface area contributed by atoms with E-state index in [1.807, 2.05) is 0 Å². The highest BCUT2D eigenvalue weighted by Gasteiger charge is 1.93. The molecule has 0 bridgehead atoms. The second-order valence-corrected chi connectivity index (χ2v) is 6.51. The van der Waals surface area contributed by atoms with E-state index in [0.29, 0.717) is 0 Å². The molecule has 0 aliphatic carbocycles. The van der Waals surface area contributed by atoms with Crippen molar-refractivity contribution in [2.24, 2.45) is 0 Å². The maximum atomic E-state index is 5.62. The van der Waals surface area contributed by atoms with Gasteiger partial charge in [0.2, 0.25) is 0 Å². The number of halogens is 1. The van der Waals surface area contributed by atoms with Crippen LogP contribution in [0.15, 0.2) is 0 Å². The fourth-order valence-electron chi connectivity index (χ4n) is 2.13. The van der Waals surface area contributed by atoms with E-state index in [9.17, 15) is 0 Å². The van der Waals surface area contributed by atoms with Crippen LogP contribution in [0.3, 0.4) is 0 Å². The van der Waals surface area contributed by atoms with Crippen LogP contribution in [-0.2, 0) is 4.74 Å². The van der Waals surface area contributed by atoms with Gasteiger partial charge in [-0.1, -0.05) is 67.3 Å². The molecule has 0 aliphatic heterocycles. The van der Waals surface area contributed by atoms with Gasteiger partial charge in [-0.05, 0) is 31.4 Å². The predicted octanol–water partition coefficient (Wildman–Crippen LogP) is 6.01.